The molecule has 9 nitrogen and oxygen atoms in total. The number of nitrogens with zero attached hydrogens (tertiary/aromatic N) is 3. The van der Waals surface area contributed by atoms with Crippen molar-refractivity contribution in [3.05, 3.63) is 143 Å². The molecule has 4 aromatic rings. The molecule has 51 heavy (non-hydrogen) atoms. The lowest BCUT2D eigenvalue weighted by atomic mass is 9.84. The Morgan fingerprint density at radius 1 is 0.843 bits per heavy atom. The van der Waals surface area contributed by atoms with E-state index >= 15 is 0 Å². The molecule has 2 heterocycles. The van der Waals surface area contributed by atoms with E-state index in [9.17, 15) is 24.3 Å². The number of carbonyl (C=O) groups is 4. The first-order valence-electron chi connectivity index (χ1n) is 17.5. The standard InChI is InChI=1S/C42H43N3O6/c1-28(2)34(25-37(46)45-36(27-51-42(45)50)30-17-8-4-9-18-30)39(41(48)49)43-38(31-19-10-5-11-20-31)32-21-12-13-22-33(32)40(47)35-23-14-24-44(35)26-29-15-6-3-7-16-29/h3-13,15-22,28,34-36,39H,14,23-27H2,1-2H3,(H,48,49)/t34-,35-,36-,39+/m0/s1. The van der Waals surface area contributed by atoms with Crippen LogP contribution in [0.1, 0.15) is 71.8 Å². The van der Waals surface area contributed by atoms with Crippen molar-refractivity contribution in [1.29, 1.82) is 0 Å². The SMILES string of the molecule is CC(C)[C@H](CC(=O)N1C(=O)OC[C@H]1c1ccccc1)[C@@H](N=C(c1ccccc1)c1ccccc1C(=O)[C@@H]1CCCN1Cc1ccccc1)C(=O)O. The highest BCUT2D eigenvalue weighted by molar-refractivity contribution is 6.19. The summed E-state index contributed by atoms with van der Waals surface area (Å²) < 4.78 is 5.29. The average molecular weight is 686 g/mol. The zero-order chi connectivity index (χ0) is 35.9. The molecule has 2 fully saturated rings. The highest BCUT2D eigenvalue weighted by Gasteiger charge is 2.42. The van der Waals surface area contributed by atoms with E-state index in [0.717, 1.165) is 35.4 Å². The Morgan fingerprint density at radius 3 is 2.10 bits per heavy atom. The van der Waals surface area contributed by atoms with Crippen molar-refractivity contribution in [3.8, 4) is 0 Å². The third-order valence-corrected chi connectivity index (χ3v) is 9.91. The number of ether oxygens (including phenoxy) is 1. The minimum absolute atomic E-state index is 0.0220. The van der Waals surface area contributed by atoms with Crippen molar-refractivity contribution in [2.45, 2.75) is 57.8 Å². The highest BCUT2D eigenvalue weighted by atomic mass is 16.6. The molecule has 9 heteroatoms. The second-order valence-electron chi connectivity index (χ2n) is 13.5. The van der Waals surface area contributed by atoms with Gasteiger partial charge in [-0.2, -0.15) is 0 Å². The minimum Gasteiger partial charge on any atom is -0.480 e. The van der Waals surface area contributed by atoms with Crippen LogP contribution in [-0.4, -0.2) is 69.6 Å². The Morgan fingerprint density at radius 2 is 1.45 bits per heavy atom. The van der Waals surface area contributed by atoms with Gasteiger partial charge in [-0.15, -0.1) is 0 Å². The molecule has 0 unspecified atom stereocenters. The predicted molar refractivity (Wildman–Crippen MR) is 194 cm³/mol. The number of likely N-dealkylation sites (tertiary alicyclic amines) is 1. The van der Waals surface area contributed by atoms with Crippen LogP contribution in [0.4, 0.5) is 4.79 Å². The first-order valence-corrected chi connectivity index (χ1v) is 17.5. The molecular weight excluding hydrogens is 642 g/mol. The summed E-state index contributed by atoms with van der Waals surface area (Å²) in [5.74, 6) is -2.84. The first kappa shape index (κ1) is 35.4. The van der Waals surface area contributed by atoms with E-state index < -0.39 is 36.0 Å². The third kappa shape index (κ3) is 7.99. The van der Waals surface area contributed by atoms with Crippen LogP contribution in [0.3, 0.4) is 0 Å². The lowest BCUT2D eigenvalue weighted by molar-refractivity contribution is -0.141. The molecule has 2 saturated heterocycles. The van der Waals surface area contributed by atoms with Crippen LogP contribution in [0.5, 0.6) is 0 Å². The maximum absolute atomic E-state index is 14.4. The summed E-state index contributed by atoms with van der Waals surface area (Å²) >= 11 is 0. The van der Waals surface area contributed by atoms with E-state index in [0.29, 0.717) is 28.9 Å². The molecular formula is C42H43N3O6. The van der Waals surface area contributed by atoms with E-state index in [1.807, 2.05) is 111 Å². The van der Waals surface area contributed by atoms with E-state index in [1.54, 1.807) is 6.07 Å². The number of hydrogen-bond acceptors (Lipinski definition) is 7. The number of imide groups is 1. The van der Waals surface area contributed by atoms with Crippen molar-refractivity contribution >= 4 is 29.5 Å². The van der Waals surface area contributed by atoms with Crippen molar-refractivity contribution in [2.24, 2.45) is 16.8 Å². The molecule has 0 bridgehead atoms. The maximum Gasteiger partial charge on any atom is 0.417 e. The zero-order valence-electron chi connectivity index (χ0n) is 28.9. The fourth-order valence-electron chi connectivity index (χ4n) is 7.21. The summed E-state index contributed by atoms with van der Waals surface area (Å²) in [5, 5.41) is 10.7. The van der Waals surface area contributed by atoms with Gasteiger partial charge in [-0.1, -0.05) is 129 Å². The number of rotatable bonds is 13. The Kier molecular flexibility index (Phi) is 11.2. The van der Waals surface area contributed by atoms with Crippen molar-refractivity contribution in [1.82, 2.24) is 9.80 Å². The fraction of sp³-hybridized carbons (Fsp3) is 0.310. The summed E-state index contributed by atoms with van der Waals surface area (Å²) in [6.07, 6.45) is 0.620. The quantitative estimate of drug-likeness (QED) is 0.117. The van der Waals surface area contributed by atoms with Crippen molar-refractivity contribution in [3.63, 3.8) is 0 Å². The van der Waals surface area contributed by atoms with Crippen LogP contribution in [-0.2, 0) is 20.9 Å². The second kappa shape index (κ2) is 16.1. The van der Waals surface area contributed by atoms with Gasteiger partial charge >= 0.3 is 12.1 Å². The summed E-state index contributed by atoms with van der Waals surface area (Å²) in [6.45, 7) is 5.17. The van der Waals surface area contributed by atoms with Crippen LogP contribution in [0.15, 0.2) is 120 Å². The number of Topliss-reactive ketones (excluding diaryl/α,β-unsaturated/α-hetero) is 1. The highest BCUT2D eigenvalue weighted by Crippen LogP contribution is 2.33. The van der Waals surface area contributed by atoms with Crippen LogP contribution in [0, 0.1) is 11.8 Å². The summed E-state index contributed by atoms with van der Waals surface area (Å²) in [7, 11) is 0. The number of cyclic esters (lactones) is 1. The van der Waals surface area contributed by atoms with Gasteiger partial charge in [-0.05, 0) is 36.4 Å². The molecule has 2 amide bonds. The summed E-state index contributed by atoms with van der Waals surface area (Å²) in [4.78, 5) is 62.6. The smallest absolute Gasteiger partial charge is 0.417 e. The molecule has 2 aliphatic heterocycles. The minimum atomic E-state index is -1.36. The van der Waals surface area contributed by atoms with Crippen molar-refractivity contribution < 1.29 is 29.0 Å². The molecule has 1 N–H and O–H groups in total. The summed E-state index contributed by atoms with van der Waals surface area (Å²) in [6, 6.07) is 33.4. The predicted octanol–water partition coefficient (Wildman–Crippen LogP) is 7.21. The van der Waals surface area contributed by atoms with Crippen LogP contribution < -0.4 is 0 Å². The number of amides is 2. The second-order valence-corrected chi connectivity index (χ2v) is 13.5. The molecule has 0 radical (unpaired) electrons. The molecule has 2 aliphatic rings. The summed E-state index contributed by atoms with van der Waals surface area (Å²) in [5.41, 5.74) is 3.90. The molecule has 4 aromatic carbocycles. The Labute approximate surface area is 298 Å². The number of carboxylic acid groups (broad SMARTS) is 1. The number of hydrogen-bond donors (Lipinski definition) is 1. The largest absolute Gasteiger partial charge is 0.480 e. The maximum atomic E-state index is 14.4. The third-order valence-electron chi connectivity index (χ3n) is 9.91. The lowest BCUT2D eigenvalue weighted by Gasteiger charge is -2.28. The van der Waals surface area contributed by atoms with Crippen LogP contribution >= 0.6 is 0 Å². The Balaban J connectivity index is 1.36. The molecule has 0 spiro atoms. The van der Waals surface area contributed by atoms with Gasteiger partial charge < -0.3 is 9.84 Å². The number of aliphatic carboxylic acids is 1. The zero-order valence-corrected chi connectivity index (χ0v) is 28.9. The van der Waals surface area contributed by atoms with Gasteiger partial charge in [0.15, 0.2) is 11.8 Å². The monoisotopic (exact) mass is 685 g/mol. The van der Waals surface area contributed by atoms with Gasteiger partial charge in [-0.25, -0.2) is 14.5 Å². The van der Waals surface area contributed by atoms with E-state index in [4.69, 9.17) is 9.73 Å². The molecule has 262 valence electrons. The molecule has 0 aliphatic carbocycles. The van der Waals surface area contributed by atoms with Gasteiger partial charge in [0.05, 0.1) is 11.8 Å². The van der Waals surface area contributed by atoms with Gasteiger partial charge in [0.25, 0.3) is 0 Å². The number of benzene rings is 4. The Bertz CT molecular complexity index is 1880. The normalized spacial score (nSPS) is 19.2. The first-order chi connectivity index (χ1) is 24.7. The number of carbonyl (C=O) groups excluding carboxylic acids is 3. The van der Waals surface area contributed by atoms with Crippen LogP contribution in [0.25, 0.3) is 0 Å². The fourth-order valence-corrected chi connectivity index (χ4v) is 7.21. The van der Waals surface area contributed by atoms with E-state index in [1.165, 1.54) is 0 Å². The number of carboxylic acids is 1. The van der Waals surface area contributed by atoms with Gasteiger partial charge in [0.1, 0.15) is 12.6 Å². The molecule has 0 saturated carbocycles. The van der Waals surface area contributed by atoms with Gasteiger partial charge in [-0.3, -0.25) is 19.5 Å². The lowest BCUT2D eigenvalue weighted by Crippen LogP contribution is -2.40. The van der Waals surface area contributed by atoms with E-state index in [2.05, 4.69) is 17.0 Å². The van der Waals surface area contributed by atoms with Gasteiger partial charge in [0, 0.05) is 35.6 Å². The Hall–Kier alpha value is -5.41. The number of aliphatic imine (C=N–C) groups is 1. The molecule has 4 atom stereocenters. The molecule has 0 aromatic heterocycles. The van der Waals surface area contributed by atoms with Gasteiger partial charge in [0.2, 0.25) is 5.91 Å². The van der Waals surface area contributed by atoms with Crippen LogP contribution in [0.2, 0.25) is 0 Å². The van der Waals surface area contributed by atoms with E-state index in [-0.39, 0.29) is 30.8 Å². The average Bonchev–Trinajstić information content (AvgIpc) is 3.78. The molecule has 6 rings (SSSR count). The van der Waals surface area contributed by atoms with Crippen molar-refractivity contribution in [2.75, 3.05) is 13.2 Å². The topological polar surface area (TPSA) is 117 Å². The number of ketones is 1.